The second-order valence-electron chi connectivity index (χ2n) is 8.61. The summed E-state index contributed by atoms with van der Waals surface area (Å²) in [6.07, 6.45) is 30.0. The Morgan fingerprint density at radius 1 is 0.643 bits per heavy atom. The van der Waals surface area contributed by atoms with Gasteiger partial charge in [0, 0.05) is 0 Å². The Labute approximate surface area is 176 Å². The van der Waals surface area contributed by atoms with Gasteiger partial charge in [-0.25, -0.2) is 0 Å². The Bertz CT molecular complexity index is 348. The molecule has 0 aromatic carbocycles. The van der Waals surface area contributed by atoms with Crippen LogP contribution < -0.4 is 0 Å². The van der Waals surface area contributed by atoms with E-state index < -0.39 is 5.97 Å². The fraction of sp³-hybridized carbons (Fsp3) is 0.885. The van der Waals surface area contributed by atoms with E-state index in [-0.39, 0.29) is 5.92 Å². The molecule has 0 heterocycles. The van der Waals surface area contributed by atoms with Gasteiger partial charge in [0.05, 0.1) is 5.92 Å². The zero-order valence-electron chi connectivity index (χ0n) is 19.2. The number of aliphatic carboxylic acids is 1. The summed E-state index contributed by atoms with van der Waals surface area (Å²) in [6.45, 7) is 4.40. The molecule has 0 aliphatic carbocycles. The van der Waals surface area contributed by atoms with Crippen LogP contribution in [-0.4, -0.2) is 11.1 Å². The molecule has 0 saturated heterocycles. The average Bonchev–Trinajstić information content (AvgIpc) is 2.68. The van der Waals surface area contributed by atoms with Crippen molar-refractivity contribution in [3.05, 3.63) is 12.2 Å². The lowest BCUT2D eigenvalue weighted by Gasteiger charge is -2.07. The summed E-state index contributed by atoms with van der Waals surface area (Å²) in [4.78, 5) is 11.2. The lowest BCUT2D eigenvalue weighted by atomic mass is 9.99. The van der Waals surface area contributed by atoms with Gasteiger partial charge in [-0.3, -0.25) is 4.79 Å². The van der Waals surface area contributed by atoms with Crippen LogP contribution in [0.1, 0.15) is 142 Å². The number of allylic oxidation sites excluding steroid dienone is 1. The predicted molar refractivity (Wildman–Crippen MR) is 124 cm³/mol. The van der Waals surface area contributed by atoms with E-state index >= 15 is 0 Å². The van der Waals surface area contributed by atoms with Crippen molar-refractivity contribution in [3.63, 3.8) is 0 Å². The van der Waals surface area contributed by atoms with E-state index in [4.69, 9.17) is 0 Å². The molecular formula is C26H50O2. The van der Waals surface area contributed by atoms with Gasteiger partial charge < -0.3 is 5.11 Å². The highest BCUT2D eigenvalue weighted by molar-refractivity contribution is 5.72. The summed E-state index contributed by atoms with van der Waals surface area (Å²) in [5, 5.41) is 9.26. The van der Waals surface area contributed by atoms with Gasteiger partial charge in [0.2, 0.25) is 0 Å². The normalized spacial score (nSPS) is 12.6. The Balaban J connectivity index is 3.29. The standard InChI is InChI=1S/C26H50O2/c1-3-5-7-8-9-10-11-12-13-14-15-16-17-18-19-20-22-24-25(26(27)28)23-21-6-4-2/h21,23,25H,3-20,22,24H2,1-2H3,(H,27,28). The van der Waals surface area contributed by atoms with Crippen LogP contribution >= 0.6 is 0 Å². The minimum absolute atomic E-state index is 0.275. The molecule has 2 heteroatoms. The van der Waals surface area contributed by atoms with E-state index in [1.807, 2.05) is 12.2 Å². The number of rotatable bonds is 22. The molecule has 1 N–H and O–H groups in total. The first-order chi connectivity index (χ1) is 13.7. The van der Waals surface area contributed by atoms with Crippen molar-refractivity contribution in [2.45, 2.75) is 142 Å². The summed E-state index contributed by atoms with van der Waals surface area (Å²) >= 11 is 0. The number of carboxylic acids is 1. The maximum atomic E-state index is 11.2. The van der Waals surface area contributed by atoms with Crippen LogP contribution in [0.25, 0.3) is 0 Å². The summed E-state index contributed by atoms with van der Waals surface area (Å²) < 4.78 is 0. The van der Waals surface area contributed by atoms with Crippen molar-refractivity contribution in [3.8, 4) is 0 Å². The molecule has 2 nitrogen and oxygen atoms in total. The summed E-state index contributed by atoms with van der Waals surface area (Å²) in [5.41, 5.74) is 0. The first-order valence-corrected chi connectivity index (χ1v) is 12.6. The second-order valence-corrected chi connectivity index (χ2v) is 8.61. The minimum Gasteiger partial charge on any atom is -0.481 e. The highest BCUT2D eigenvalue weighted by Gasteiger charge is 2.12. The van der Waals surface area contributed by atoms with Crippen LogP contribution in [0.4, 0.5) is 0 Å². The number of unbranched alkanes of at least 4 members (excludes halogenated alkanes) is 17. The Kier molecular flexibility index (Phi) is 21.9. The van der Waals surface area contributed by atoms with Crippen molar-refractivity contribution < 1.29 is 9.90 Å². The molecule has 0 amide bonds. The number of hydrogen-bond acceptors (Lipinski definition) is 1. The van der Waals surface area contributed by atoms with E-state index in [2.05, 4.69) is 13.8 Å². The van der Waals surface area contributed by atoms with Gasteiger partial charge >= 0.3 is 5.97 Å². The lowest BCUT2D eigenvalue weighted by Crippen LogP contribution is -2.10. The fourth-order valence-electron chi connectivity index (χ4n) is 3.82. The number of carbonyl (C=O) groups is 1. The molecule has 0 bridgehead atoms. The van der Waals surface area contributed by atoms with Crippen LogP contribution in [0, 0.1) is 5.92 Å². The van der Waals surface area contributed by atoms with Crippen LogP contribution in [0.15, 0.2) is 12.2 Å². The summed E-state index contributed by atoms with van der Waals surface area (Å²) in [6, 6.07) is 0. The highest BCUT2D eigenvalue weighted by atomic mass is 16.4. The highest BCUT2D eigenvalue weighted by Crippen LogP contribution is 2.16. The van der Waals surface area contributed by atoms with Gasteiger partial charge in [-0.05, 0) is 12.8 Å². The van der Waals surface area contributed by atoms with Gasteiger partial charge in [0.25, 0.3) is 0 Å². The fourth-order valence-corrected chi connectivity index (χ4v) is 3.82. The maximum absolute atomic E-state index is 11.2. The van der Waals surface area contributed by atoms with E-state index in [1.54, 1.807) is 0 Å². The van der Waals surface area contributed by atoms with Crippen molar-refractivity contribution in [1.29, 1.82) is 0 Å². The van der Waals surface area contributed by atoms with Gasteiger partial charge in [0.15, 0.2) is 0 Å². The molecule has 0 aromatic rings. The van der Waals surface area contributed by atoms with Crippen molar-refractivity contribution >= 4 is 5.97 Å². The smallest absolute Gasteiger partial charge is 0.310 e. The molecule has 0 aliphatic heterocycles. The van der Waals surface area contributed by atoms with E-state index in [0.717, 1.165) is 25.7 Å². The quantitative estimate of drug-likeness (QED) is 0.147. The first-order valence-electron chi connectivity index (χ1n) is 12.6. The van der Waals surface area contributed by atoms with Crippen LogP contribution in [0.5, 0.6) is 0 Å². The largest absolute Gasteiger partial charge is 0.481 e. The molecule has 1 unspecified atom stereocenters. The number of carboxylic acid groups (broad SMARTS) is 1. The van der Waals surface area contributed by atoms with Gasteiger partial charge in [-0.15, -0.1) is 0 Å². The third kappa shape index (κ3) is 20.0. The second kappa shape index (κ2) is 22.5. The zero-order chi connectivity index (χ0) is 20.7. The van der Waals surface area contributed by atoms with Crippen molar-refractivity contribution in [1.82, 2.24) is 0 Å². The molecule has 0 aliphatic rings. The third-order valence-corrected chi connectivity index (χ3v) is 5.76. The lowest BCUT2D eigenvalue weighted by molar-refractivity contribution is -0.140. The van der Waals surface area contributed by atoms with E-state index in [1.165, 1.54) is 103 Å². The first kappa shape index (κ1) is 27.2. The molecule has 0 radical (unpaired) electrons. The van der Waals surface area contributed by atoms with Crippen LogP contribution in [0.3, 0.4) is 0 Å². The Morgan fingerprint density at radius 2 is 1.04 bits per heavy atom. The molecule has 0 rings (SSSR count). The number of hydrogen-bond donors (Lipinski definition) is 1. The van der Waals surface area contributed by atoms with Gasteiger partial charge in [0.1, 0.15) is 0 Å². The van der Waals surface area contributed by atoms with Gasteiger partial charge in [-0.1, -0.05) is 142 Å². The Hall–Kier alpha value is -0.790. The summed E-state index contributed by atoms with van der Waals surface area (Å²) in [5.74, 6) is -0.938. The van der Waals surface area contributed by atoms with Crippen LogP contribution in [0.2, 0.25) is 0 Å². The Morgan fingerprint density at radius 3 is 1.39 bits per heavy atom. The summed E-state index contributed by atoms with van der Waals surface area (Å²) in [7, 11) is 0. The maximum Gasteiger partial charge on any atom is 0.310 e. The topological polar surface area (TPSA) is 37.3 Å². The monoisotopic (exact) mass is 394 g/mol. The van der Waals surface area contributed by atoms with Crippen molar-refractivity contribution in [2.75, 3.05) is 0 Å². The SMILES string of the molecule is CCCC=CC(CCCCCCCCCCCCCCCCCCC)C(=O)O. The molecule has 0 aromatic heterocycles. The molecule has 0 saturated carbocycles. The molecule has 28 heavy (non-hydrogen) atoms. The molecule has 0 spiro atoms. The molecular weight excluding hydrogens is 344 g/mol. The minimum atomic E-state index is -0.663. The van der Waals surface area contributed by atoms with Crippen molar-refractivity contribution in [2.24, 2.45) is 5.92 Å². The molecule has 1 atom stereocenters. The van der Waals surface area contributed by atoms with E-state index in [0.29, 0.717) is 0 Å². The van der Waals surface area contributed by atoms with Gasteiger partial charge in [-0.2, -0.15) is 0 Å². The zero-order valence-corrected chi connectivity index (χ0v) is 19.2. The van der Waals surface area contributed by atoms with Crippen LogP contribution in [-0.2, 0) is 4.79 Å². The predicted octanol–water partition coefficient (Wildman–Crippen LogP) is 9.09. The van der Waals surface area contributed by atoms with E-state index in [9.17, 15) is 9.90 Å². The molecule has 0 fully saturated rings. The average molecular weight is 395 g/mol. The molecule has 166 valence electrons. The third-order valence-electron chi connectivity index (χ3n) is 5.76.